The molecule has 0 aliphatic heterocycles. The van der Waals surface area contributed by atoms with Crippen LogP contribution in [0.3, 0.4) is 0 Å². The Balaban J connectivity index is 4.36. The minimum absolute atomic E-state index is 0.0209. The lowest BCUT2D eigenvalue weighted by Crippen LogP contribution is -2.11. The molecule has 0 radical (unpaired) electrons. The van der Waals surface area contributed by atoms with Crippen LogP contribution in [0.1, 0.15) is 32.6 Å². The van der Waals surface area contributed by atoms with Crippen molar-refractivity contribution in [2.24, 2.45) is 0 Å². The van der Waals surface area contributed by atoms with Crippen molar-refractivity contribution in [1.29, 1.82) is 0 Å². The first-order valence-corrected chi connectivity index (χ1v) is 4.99. The Morgan fingerprint density at radius 3 is 2.33 bits per heavy atom. The summed E-state index contributed by atoms with van der Waals surface area (Å²) in [6.07, 6.45) is 4.53. The number of carbonyl (C=O) groups is 2. The van der Waals surface area contributed by atoms with Gasteiger partial charge in [-0.1, -0.05) is 25.8 Å². The van der Waals surface area contributed by atoms with E-state index in [2.05, 4.69) is 16.4 Å². The molecule has 0 aromatic carbocycles. The number of hydrogen-bond acceptors (Lipinski definition) is 4. The maximum atomic E-state index is 11.3. The maximum Gasteiger partial charge on any atom is 0.333 e. The largest absolute Gasteiger partial charge is 0.469 e. The Morgan fingerprint density at radius 2 is 1.87 bits per heavy atom. The SMILES string of the molecule is CCCC/C=C(/CC(=O)OC)C(=O)OC. The summed E-state index contributed by atoms with van der Waals surface area (Å²) in [7, 11) is 2.59. The molecule has 0 spiro atoms. The minimum Gasteiger partial charge on any atom is -0.469 e. The van der Waals surface area contributed by atoms with Gasteiger partial charge in [0.15, 0.2) is 0 Å². The highest BCUT2D eigenvalue weighted by molar-refractivity contribution is 5.93. The van der Waals surface area contributed by atoms with E-state index in [-0.39, 0.29) is 6.42 Å². The van der Waals surface area contributed by atoms with Gasteiger partial charge < -0.3 is 9.47 Å². The van der Waals surface area contributed by atoms with E-state index in [1.165, 1.54) is 14.2 Å². The van der Waals surface area contributed by atoms with Crippen LogP contribution in [0.5, 0.6) is 0 Å². The van der Waals surface area contributed by atoms with Crippen LogP contribution in [0.25, 0.3) is 0 Å². The average Bonchev–Trinajstić information content (AvgIpc) is 2.26. The van der Waals surface area contributed by atoms with Crippen molar-refractivity contribution >= 4 is 11.9 Å². The molecule has 0 heterocycles. The highest BCUT2D eigenvalue weighted by Gasteiger charge is 2.13. The van der Waals surface area contributed by atoms with Crippen LogP contribution in [-0.4, -0.2) is 26.2 Å². The lowest BCUT2D eigenvalue weighted by Gasteiger charge is -2.04. The fourth-order valence-electron chi connectivity index (χ4n) is 1.07. The summed E-state index contributed by atoms with van der Waals surface area (Å²) in [4.78, 5) is 22.3. The smallest absolute Gasteiger partial charge is 0.333 e. The summed E-state index contributed by atoms with van der Waals surface area (Å²) in [5.41, 5.74) is 0.373. The van der Waals surface area contributed by atoms with Crippen molar-refractivity contribution in [3.63, 3.8) is 0 Å². The van der Waals surface area contributed by atoms with Gasteiger partial charge in [-0.05, 0) is 6.42 Å². The van der Waals surface area contributed by atoms with Gasteiger partial charge in [0.25, 0.3) is 0 Å². The van der Waals surface area contributed by atoms with Gasteiger partial charge in [-0.3, -0.25) is 4.79 Å². The fraction of sp³-hybridized carbons (Fsp3) is 0.636. The third-order valence-corrected chi connectivity index (χ3v) is 1.96. The molecule has 0 fully saturated rings. The number of hydrogen-bond donors (Lipinski definition) is 0. The second-order valence-corrected chi connectivity index (χ2v) is 3.12. The van der Waals surface area contributed by atoms with E-state index in [9.17, 15) is 9.59 Å². The lowest BCUT2D eigenvalue weighted by atomic mass is 10.1. The summed E-state index contributed by atoms with van der Waals surface area (Å²) in [6.45, 7) is 2.06. The molecule has 0 aliphatic rings. The molecule has 0 rings (SSSR count). The van der Waals surface area contributed by atoms with Crippen molar-refractivity contribution < 1.29 is 19.1 Å². The van der Waals surface area contributed by atoms with Crippen molar-refractivity contribution in [2.45, 2.75) is 32.6 Å². The van der Waals surface area contributed by atoms with Gasteiger partial charge in [0, 0.05) is 5.57 Å². The van der Waals surface area contributed by atoms with E-state index in [4.69, 9.17) is 0 Å². The standard InChI is InChI=1S/C11H18O4/c1-4-5-6-7-9(11(13)15-3)8-10(12)14-2/h7H,4-6,8H2,1-3H3/b9-7-. The topological polar surface area (TPSA) is 52.6 Å². The second-order valence-electron chi connectivity index (χ2n) is 3.12. The number of carbonyl (C=O) groups excluding carboxylic acids is 2. The summed E-state index contributed by atoms with van der Waals surface area (Å²) in [5.74, 6) is -0.889. The van der Waals surface area contributed by atoms with Crippen LogP contribution in [0.2, 0.25) is 0 Å². The molecule has 0 amide bonds. The number of ether oxygens (including phenoxy) is 2. The number of esters is 2. The zero-order chi connectivity index (χ0) is 11.7. The molecular formula is C11H18O4. The van der Waals surface area contributed by atoms with E-state index < -0.39 is 11.9 Å². The molecule has 15 heavy (non-hydrogen) atoms. The van der Waals surface area contributed by atoms with E-state index in [1.54, 1.807) is 6.08 Å². The van der Waals surface area contributed by atoms with Gasteiger partial charge in [0.2, 0.25) is 0 Å². The Morgan fingerprint density at radius 1 is 1.20 bits per heavy atom. The molecule has 4 nitrogen and oxygen atoms in total. The Kier molecular flexibility index (Phi) is 7.32. The number of unbranched alkanes of at least 4 members (excludes halogenated alkanes) is 2. The molecule has 0 bridgehead atoms. The minimum atomic E-state index is -0.462. The molecule has 0 saturated carbocycles. The zero-order valence-electron chi connectivity index (χ0n) is 9.54. The van der Waals surface area contributed by atoms with E-state index in [1.807, 2.05) is 0 Å². The van der Waals surface area contributed by atoms with Crippen molar-refractivity contribution in [1.82, 2.24) is 0 Å². The Bertz CT molecular complexity index is 243. The van der Waals surface area contributed by atoms with Crippen LogP contribution in [0.15, 0.2) is 11.6 Å². The third-order valence-electron chi connectivity index (χ3n) is 1.96. The molecule has 0 aromatic heterocycles. The molecule has 0 saturated heterocycles. The van der Waals surface area contributed by atoms with Gasteiger partial charge in [0.05, 0.1) is 20.6 Å². The quantitative estimate of drug-likeness (QED) is 0.384. The highest BCUT2D eigenvalue weighted by atomic mass is 16.5. The van der Waals surface area contributed by atoms with Crippen LogP contribution in [0, 0.1) is 0 Å². The lowest BCUT2D eigenvalue weighted by molar-refractivity contribution is -0.143. The van der Waals surface area contributed by atoms with Crippen LogP contribution in [0.4, 0.5) is 0 Å². The first-order chi connectivity index (χ1) is 7.15. The van der Waals surface area contributed by atoms with Gasteiger partial charge in [-0.2, -0.15) is 0 Å². The average molecular weight is 214 g/mol. The van der Waals surface area contributed by atoms with E-state index in [0.29, 0.717) is 5.57 Å². The summed E-state index contributed by atoms with van der Waals surface area (Å²) < 4.78 is 9.07. The van der Waals surface area contributed by atoms with Crippen molar-refractivity contribution in [2.75, 3.05) is 14.2 Å². The first kappa shape index (κ1) is 13.7. The normalized spacial score (nSPS) is 11.0. The molecule has 0 aliphatic carbocycles. The van der Waals surface area contributed by atoms with Crippen molar-refractivity contribution in [3.8, 4) is 0 Å². The van der Waals surface area contributed by atoms with E-state index in [0.717, 1.165) is 19.3 Å². The summed E-state index contributed by atoms with van der Waals surface area (Å²) >= 11 is 0. The molecule has 4 heteroatoms. The van der Waals surface area contributed by atoms with Gasteiger partial charge in [0.1, 0.15) is 0 Å². The van der Waals surface area contributed by atoms with Gasteiger partial charge in [-0.15, -0.1) is 0 Å². The molecule has 0 N–H and O–H groups in total. The fourth-order valence-corrected chi connectivity index (χ4v) is 1.07. The summed E-state index contributed by atoms with van der Waals surface area (Å²) in [6, 6.07) is 0. The summed E-state index contributed by atoms with van der Waals surface area (Å²) in [5, 5.41) is 0. The van der Waals surface area contributed by atoms with E-state index >= 15 is 0 Å². The zero-order valence-corrected chi connectivity index (χ0v) is 9.54. The number of allylic oxidation sites excluding steroid dienone is 1. The number of rotatable bonds is 6. The number of methoxy groups -OCH3 is 2. The second kappa shape index (κ2) is 8.03. The van der Waals surface area contributed by atoms with Crippen LogP contribution in [-0.2, 0) is 19.1 Å². The Hall–Kier alpha value is -1.32. The molecule has 0 atom stereocenters. The molecular weight excluding hydrogens is 196 g/mol. The molecule has 86 valence electrons. The predicted octanol–water partition coefficient (Wildman–Crippen LogP) is 1.84. The Labute approximate surface area is 90.2 Å². The maximum absolute atomic E-state index is 11.3. The highest BCUT2D eigenvalue weighted by Crippen LogP contribution is 2.08. The predicted molar refractivity (Wildman–Crippen MR) is 56.3 cm³/mol. The first-order valence-electron chi connectivity index (χ1n) is 4.99. The molecule has 0 unspecified atom stereocenters. The van der Waals surface area contributed by atoms with Crippen LogP contribution >= 0.6 is 0 Å². The monoisotopic (exact) mass is 214 g/mol. The molecule has 0 aromatic rings. The van der Waals surface area contributed by atoms with Crippen molar-refractivity contribution in [3.05, 3.63) is 11.6 Å². The van der Waals surface area contributed by atoms with Gasteiger partial charge in [-0.25, -0.2) is 4.79 Å². The van der Waals surface area contributed by atoms with Crippen LogP contribution < -0.4 is 0 Å². The third kappa shape index (κ3) is 5.88. The van der Waals surface area contributed by atoms with Gasteiger partial charge >= 0.3 is 11.9 Å².